The summed E-state index contributed by atoms with van der Waals surface area (Å²) in [5.74, 6) is -1.51. The number of amides is 3. The number of nitrogens with one attached hydrogen (secondary N) is 2. The highest BCUT2D eigenvalue weighted by Crippen LogP contribution is 2.58. The Hall–Kier alpha value is -1.67. The van der Waals surface area contributed by atoms with Gasteiger partial charge in [0.1, 0.15) is 11.6 Å². The summed E-state index contributed by atoms with van der Waals surface area (Å²) in [5.41, 5.74) is -0.906. The van der Waals surface area contributed by atoms with E-state index in [9.17, 15) is 14.4 Å². The molecule has 3 saturated heterocycles. The van der Waals surface area contributed by atoms with Gasteiger partial charge in [-0.15, -0.1) is 0 Å². The maximum Gasteiger partial charge on any atom is 0.246 e. The van der Waals surface area contributed by atoms with Crippen LogP contribution in [0.5, 0.6) is 0 Å². The quantitative estimate of drug-likeness (QED) is 0.370. The maximum absolute atomic E-state index is 13.7. The second kappa shape index (κ2) is 11.0. The molecule has 3 aliphatic rings. The fourth-order valence-electron chi connectivity index (χ4n) is 5.93. The molecular weight excluding hydrogens is 410 g/mol. The standard InChI is InChI=1S/C24H41N3O5/c1-4-10-16(3)26-22(30)20-24-12-11-17(32-24)18(21(29)25-13-5-2)19(24)23(31)27(20)14-8-6-7-9-15-28/h16-20,28H,4-15H2,1-3H3,(H,25,29)(H,26,30)/t16?,17-,18+,19-,20?,24?/m0/s1. The van der Waals surface area contributed by atoms with Crippen LogP contribution in [-0.2, 0) is 19.1 Å². The lowest BCUT2D eigenvalue weighted by molar-refractivity contribution is -0.142. The van der Waals surface area contributed by atoms with Crippen molar-refractivity contribution in [1.29, 1.82) is 0 Å². The third-order valence-electron chi connectivity index (χ3n) is 7.32. The van der Waals surface area contributed by atoms with Crippen molar-refractivity contribution in [2.24, 2.45) is 11.8 Å². The first-order valence-corrected chi connectivity index (χ1v) is 12.6. The summed E-state index contributed by atoms with van der Waals surface area (Å²) in [7, 11) is 0. The molecule has 3 amide bonds. The van der Waals surface area contributed by atoms with Crippen molar-refractivity contribution >= 4 is 17.7 Å². The number of ether oxygens (including phenoxy) is 1. The predicted molar refractivity (Wildman–Crippen MR) is 121 cm³/mol. The predicted octanol–water partition coefficient (Wildman–Crippen LogP) is 1.74. The van der Waals surface area contributed by atoms with Gasteiger partial charge in [-0.3, -0.25) is 14.4 Å². The number of unbranched alkanes of at least 4 members (excludes halogenated alkanes) is 3. The minimum Gasteiger partial charge on any atom is -0.396 e. The smallest absolute Gasteiger partial charge is 0.246 e. The van der Waals surface area contributed by atoms with E-state index in [1.807, 2.05) is 13.8 Å². The summed E-state index contributed by atoms with van der Waals surface area (Å²) in [4.78, 5) is 41.8. The Morgan fingerprint density at radius 3 is 2.62 bits per heavy atom. The Morgan fingerprint density at radius 1 is 1.19 bits per heavy atom. The van der Waals surface area contributed by atoms with Gasteiger partial charge in [0.25, 0.3) is 0 Å². The average molecular weight is 452 g/mol. The van der Waals surface area contributed by atoms with E-state index < -0.39 is 23.5 Å². The molecule has 0 aromatic heterocycles. The number of aliphatic hydroxyl groups is 1. The molecule has 3 rings (SSSR count). The second-order valence-electron chi connectivity index (χ2n) is 9.71. The van der Waals surface area contributed by atoms with Crippen LogP contribution in [0.4, 0.5) is 0 Å². The summed E-state index contributed by atoms with van der Waals surface area (Å²) in [6.45, 7) is 7.27. The van der Waals surface area contributed by atoms with Crippen molar-refractivity contribution in [1.82, 2.24) is 15.5 Å². The minimum absolute atomic E-state index is 0.0201. The van der Waals surface area contributed by atoms with Crippen LogP contribution >= 0.6 is 0 Å². The van der Waals surface area contributed by atoms with Crippen LogP contribution in [0.25, 0.3) is 0 Å². The minimum atomic E-state index is -0.906. The highest BCUT2D eigenvalue weighted by atomic mass is 16.5. The van der Waals surface area contributed by atoms with Gasteiger partial charge < -0.3 is 25.4 Å². The zero-order valence-electron chi connectivity index (χ0n) is 19.9. The molecule has 182 valence electrons. The Bertz CT molecular complexity index is 687. The zero-order chi connectivity index (χ0) is 23.3. The summed E-state index contributed by atoms with van der Waals surface area (Å²) >= 11 is 0. The van der Waals surface area contributed by atoms with Gasteiger partial charge in [0.2, 0.25) is 17.7 Å². The van der Waals surface area contributed by atoms with Gasteiger partial charge in [-0.25, -0.2) is 0 Å². The normalized spacial score (nSPS) is 31.6. The lowest BCUT2D eigenvalue weighted by Gasteiger charge is -2.34. The van der Waals surface area contributed by atoms with Crippen LogP contribution in [0.2, 0.25) is 0 Å². The fraction of sp³-hybridized carbons (Fsp3) is 0.875. The molecule has 0 radical (unpaired) electrons. The molecule has 3 unspecified atom stereocenters. The summed E-state index contributed by atoms with van der Waals surface area (Å²) < 4.78 is 6.40. The molecule has 8 heteroatoms. The zero-order valence-corrected chi connectivity index (χ0v) is 19.9. The molecule has 1 spiro atoms. The van der Waals surface area contributed by atoms with E-state index in [0.717, 1.165) is 44.9 Å². The van der Waals surface area contributed by atoms with Gasteiger partial charge in [0.05, 0.1) is 17.9 Å². The molecule has 0 saturated carbocycles. The van der Waals surface area contributed by atoms with Gasteiger partial charge >= 0.3 is 0 Å². The van der Waals surface area contributed by atoms with Crippen molar-refractivity contribution < 1.29 is 24.2 Å². The van der Waals surface area contributed by atoms with Crippen molar-refractivity contribution in [3.8, 4) is 0 Å². The Morgan fingerprint density at radius 2 is 1.94 bits per heavy atom. The van der Waals surface area contributed by atoms with Gasteiger partial charge in [-0.1, -0.05) is 33.1 Å². The highest BCUT2D eigenvalue weighted by Gasteiger charge is 2.74. The summed E-state index contributed by atoms with van der Waals surface area (Å²) in [6.07, 6.45) is 6.97. The Balaban J connectivity index is 1.83. The van der Waals surface area contributed by atoms with Crippen LogP contribution in [0.15, 0.2) is 0 Å². The summed E-state index contributed by atoms with van der Waals surface area (Å²) in [6, 6.07) is -0.669. The molecule has 8 nitrogen and oxygen atoms in total. The largest absolute Gasteiger partial charge is 0.396 e. The molecule has 3 fully saturated rings. The van der Waals surface area contributed by atoms with Gasteiger partial charge in [-0.05, 0) is 45.4 Å². The summed E-state index contributed by atoms with van der Waals surface area (Å²) in [5, 5.41) is 15.1. The molecule has 3 aliphatic heterocycles. The van der Waals surface area contributed by atoms with Gasteiger partial charge in [0.15, 0.2) is 0 Å². The number of fused-ring (bicyclic) bond motifs is 1. The molecule has 32 heavy (non-hydrogen) atoms. The molecular formula is C24H41N3O5. The third-order valence-corrected chi connectivity index (χ3v) is 7.32. The van der Waals surface area contributed by atoms with Crippen molar-refractivity contribution in [3.63, 3.8) is 0 Å². The lowest BCUT2D eigenvalue weighted by Crippen LogP contribution is -2.56. The molecule has 0 aromatic carbocycles. The second-order valence-corrected chi connectivity index (χ2v) is 9.71. The van der Waals surface area contributed by atoms with Gasteiger partial charge in [0, 0.05) is 25.7 Å². The van der Waals surface area contributed by atoms with E-state index in [1.54, 1.807) is 4.90 Å². The van der Waals surface area contributed by atoms with Crippen molar-refractivity contribution in [3.05, 3.63) is 0 Å². The van der Waals surface area contributed by atoms with Crippen molar-refractivity contribution in [2.75, 3.05) is 19.7 Å². The first-order chi connectivity index (χ1) is 15.4. The molecule has 3 N–H and O–H groups in total. The number of carbonyl (C=O) groups is 3. The number of carbonyl (C=O) groups excluding carboxylic acids is 3. The van der Waals surface area contributed by atoms with E-state index in [1.165, 1.54) is 0 Å². The van der Waals surface area contributed by atoms with Crippen LogP contribution in [0.1, 0.15) is 78.6 Å². The fourth-order valence-corrected chi connectivity index (χ4v) is 5.93. The van der Waals surface area contributed by atoms with E-state index >= 15 is 0 Å². The van der Waals surface area contributed by atoms with E-state index in [4.69, 9.17) is 9.84 Å². The SMILES string of the molecule is CCCNC(=O)[C@@H]1[C@@H]2CCC3(O2)C(C(=O)NC(C)CCC)N(CCCCCCO)C(=O)[C@H]13. The number of nitrogens with zero attached hydrogens (tertiary/aromatic N) is 1. The number of likely N-dealkylation sites (tertiary alicyclic amines) is 1. The number of aliphatic hydroxyl groups excluding tert-OH is 1. The van der Waals surface area contributed by atoms with Crippen molar-refractivity contribution in [2.45, 2.75) is 102 Å². The molecule has 3 heterocycles. The lowest BCUT2D eigenvalue weighted by atomic mass is 9.70. The van der Waals surface area contributed by atoms with Gasteiger partial charge in [-0.2, -0.15) is 0 Å². The average Bonchev–Trinajstić information content (AvgIpc) is 3.39. The third kappa shape index (κ3) is 4.67. The van der Waals surface area contributed by atoms with Crippen LogP contribution in [0, 0.1) is 11.8 Å². The molecule has 0 aromatic rings. The maximum atomic E-state index is 13.7. The Kier molecular flexibility index (Phi) is 8.55. The molecule has 6 atom stereocenters. The molecule has 2 bridgehead atoms. The monoisotopic (exact) mass is 451 g/mol. The first-order valence-electron chi connectivity index (χ1n) is 12.6. The van der Waals surface area contributed by atoms with E-state index in [-0.39, 0.29) is 36.5 Å². The first kappa shape index (κ1) is 25.0. The van der Waals surface area contributed by atoms with E-state index in [2.05, 4.69) is 17.6 Å². The molecule has 0 aliphatic carbocycles. The van der Waals surface area contributed by atoms with Crippen LogP contribution in [0.3, 0.4) is 0 Å². The van der Waals surface area contributed by atoms with E-state index in [0.29, 0.717) is 25.9 Å². The number of hydrogen-bond donors (Lipinski definition) is 3. The highest BCUT2D eigenvalue weighted by molar-refractivity contribution is 5.98. The topological polar surface area (TPSA) is 108 Å². The number of hydrogen-bond acceptors (Lipinski definition) is 5. The number of rotatable bonds is 13. The van der Waals surface area contributed by atoms with Crippen LogP contribution < -0.4 is 10.6 Å². The van der Waals surface area contributed by atoms with Crippen LogP contribution in [-0.4, -0.2) is 71.2 Å². The Labute approximate surface area is 191 Å².